The van der Waals surface area contributed by atoms with Crippen LogP contribution in [-0.2, 0) is 9.53 Å². The van der Waals surface area contributed by atoms with Crippen molar-refractivity contribution in [3.8, 4) is 0 Å². The van der Waals surface area contributed by atoms with Gasteiger partial charge < -0.3 is 4.74 Å². The van der Waals surface area contributed by atoms with Gasteiger partial charge in [0.15, 0.2) is 0 Å². The molecular formula is C5H10Cl2O2Si. The number of carbonyl (C=O) groups excluding carboxylic acids is 1. The first-order chi connectivity index (χ1) is 4.63. The summed E-state index contributed by atoms with van der Waals surface area (Å²) in [5, 5.41) is 0. The molecule has 0 aromatic rings. The summed E-state index contributed by atoms with van der Waals surface area (Å²) >= 11 is 11.2. The van der Waals surface area contributed by atoms with Crippen molar-refractivity contribution in [2.45, 2.75) is 18.9 Å². The molecule has 0 aliphatic rings. The topological polar surface area (TPSA) is 26.3 Å². The summed E-state index contributed by atoms with van der Waals surface area (Å²) in [5.41, 5.74) is -0.256. The molecule has 0 aliphatic heterocycles. The Morgan fingerprint density at radius 3 is 2.30 bits per heavy atom. The smallest absolute Gasteiger partial charge is 0.308 e. The molecule has 0 aromatic carbocycles. The molecule has 0 fully saturated rings. The largest absolute Gasteiger partial charge is 0.469 e. The first-order valence-corrected chi connectivity index (χ1v) is 7.15. The minimum atomic E-state index is -1.89. The molecule has 0 N–H and O–H groups in total. The summed E-state index contributed by atoms with van der Waals surface area (Å²) < 4.78 is 4.49. The monoisotopic (exact) mass is 200 g/mol. The van der Waals surface area contributed by atoms with Crippen molar-refractivity contribution >= 4 is 35.5 Å². The Morgan fingerprint density at radius 2 is 2.20 bits per heavy atom. The summed E-state index contributed by atoms with van der Waals surface area (Å²) in [5.74, 6) is -0.288. The first kappa shape index (κ1) is 10.3. The van der Waals surface area contributed by atoms with Gasteiger partial charge >= 0.3 is 5.97 Å². The van der Waals surface area contributed by atoms with E-state index in [2.05, 4.69) is 4.74 Å². The number of hydrogen-bond acceptors (Lipinski definition) is 2. The third-order valence-electron chi connectivity index (χ3n) is 1.25. The molecule has 10 heavy (non-hydrogen) atoms. The van der Waals surface area contributed by atoms with E-state index >= 15 is 0 Å². The molecule has 60 valence electrons. The molecule has 0 saturated carbocycles. The maximum absolute atomic E-state index is 10.8. The second-order valence-electron chi connectivity index (χ2n) is 1.87. The molecule has 5 heteroatoms. The lowest BCUT2D eigenvalue weighted by atomic mass is 10.3. The Hall–Kier alpha value is 0.267. The van der Waals surface area contributed by atoms with Gasteiger partial charge in [0.05, 0.1) is 12.7 Å². The second kappa shape index (κ2) is 4.99. The van der Waals surface area contributed by atoms with Crippen LogP contribution < -0.4 is 0 Å². The Balaban J connectivity index is 3.93. The molecular weight excluding hydrogens is 191 g/mol. The molecule has 1 unspecified atom stereocenters. The van der Waals surface area contributed by atoms with Crippen LogP contribution in [-0.4, -0.2) is 20.5 Å². The van der Waals surface area contributed by atoms with Gasteiger partial charge in [-0.05, 0) is 6.42 Å². The zero-order valence-electron chi connectivity index (χ0n) is 5.93. The molecule has 0 radical (unpaired) electrons. The van der Waals surface area contributed by atoms with Crippen LogP contribution in [0, 0.1) is 0 Å². The average molecular weight is 201 g/mol. The highest BCUT2D eigenvalue weighted by molar-refractivity contribution is 7.35. The maximum atomic E-state index is 10.8. The van der Waals surface area contributed by atoms with Crippen LogP contribution in [0.5, 0.6) is 0 Å². The molecule has 0 amide bonds. The number of hydrogen-bond donors (Lipinski definition) is 0. The minimum absolute atomic E-state index is 0.256. The standard InChI is InChI=1S/C5H10Cl2O2Si/c1-3-4(10(6)7)5(8)9-2/h4,10H,3H2,1-2H3. The molecule has 1 atom stereocenters. The highest BCUT2D eigenvalue weighted by atomic mass is 35.7. The molecule has 0 aliphatic carbocycles. The maximum Gasteiger partial charge on any atom is 0.308 e. The minimum Gasteiger partial charge on any atom is -0.469 e. The fourth-order valence-electron chi connectivity index (χ4n) is 0.599. The third-order valence-corrected chi connectivity index (χ3v) is 4.42. The normalized spacial score (nSPS) is 13.3. The quantitative estimate of drug-likeness (QED) is 0.394. The Kier molecular flexibility index (Phi) is 5.12. The van der Waals surface area contributed by atoms with E-state index < -0.39 is 7.42 Å². The molecule has 0 aromatic heterocycles. The molecule has 2 nitrogen and oxygen atoms in total. The van der Waals surface area contributed by atoms with E-state index in [1.54, 1.807) is 0 Å². The number of esters is 1. The highest BCUT2D eigenvalue weighted by Crippen LogP contribution is 2.21. The van der Waals surface area contributed by atoms with Crippen LogP contribution in [0.3, 0.4) is 0 Å². The van der Waals surface area contributed by atoms with Gasteiger partial charge in [-0.3, -0.25) is 4.79 Å². The van der Waals surface area contributed by atoms with Gasteiger partial charge in [0.2, 0.25) is 0 Å². The van der Waals surface area contributed by atoms with Crippen LogP contribution in [0.4, 0.5) is 0 Å². The van der Waals surface area contributed by atoms with Crippen molar-refractivity contribution in [2.75, 3.05) is 7.11 Å². The fraction of sp³-hybridized carbons (Fsp3) is 0.800. The lowest BCUT2D eigenvalue weighted by Crippen LogP contribution is -2.18. The summed E-state index contributed by atoms with van der Waals surface area (Å²) in [7, 11) is -0.548. The number of halogens is 2. The number of carbonyl (C=O) groups is 1. The lowest BCUT2D eigenvalue weighted by molar-refractivity contribution is -0.140. The van der Waals surface area contributed by atoms with Gasteiger partial charge in [-0.25, -0.2) is 0 Å². The van der Waals surface area contributed by atoms with E-state index in [1.165, 1.54) is 7.11 Å². The van der Waals surface area contributed by atoms with E-state index in [4.69, 9.17) is 22.2 Å². The predicted octanol–water partition coefficient (Wildman–Crippen LogP) is 1.64. The van der Waals surface area contributed by atoms with Gasteiger partial charge in [-0.1, -0.05) is 6.92 Å². The number of rotatable bonds is 3. The van der Waals surface area contributed by atoms with E-state index in [0.717, 1.165) is 0 Å². The van der Waals surface area contributed by atoms with E-state index in [0.29, 0.717) is 6.42 Å². The molecule has 0 rings (SSSR count). The van der Waals surface area contributed by atoms with Crippen LogP contribution in [0.2, 0.25) is 5.54 Å². The Labute approximate surface area is 71.5 Å². The van der Waals surface area contributed by atoms with Gasteiger partial charge in [0, 0.05) is 0 Å². The summed E-state index contributed by atoms with van der Waals surface area (Å²) in [6.45, 7) is 1.87. The van der Waals surface area contributed by atoms with Crippen molar-refractivity contribution < 1.29 is 9.53 Å². The van der Waals surface area contributed by atoms with Crippen molar-refractivity contribution in [1.82, 2.24) is 0 Å². The number of methoxy groups -OCH3 is 1. The molecule has 0 heterocycles. The van der Waals surface area contributed by atoms with Gasteiger partial charge in [0.1, 0.15) is 0 Å². The van der Waals surface area contributed by atoms with Gasteiger partial charge in [-0.15, -0.1) is 22.2 Å². The Bertz CT molecular complexity index is 118. The summed E-state index contributed by atoms with van der Waals surface area (Å²) in [6.07, 6.45) is 0.663. The zero-order chi connectivity index (χ0) is 8.15. The summed E-state index contributed by atoms with van der Waals surface area (Å²) in [6, 6.07) is 0. The van der Waals surface area contributed by atoms with Crippen molar-refractivity contribution in [2.24, 2.45) is 0 Å². The fourth-order valence-corrected chi connectivity index (χ4v) is 2.98. The molecule has 0 bridgehead atoms. The zero-order valence-corrected chi connectivity index (χ0v) is 8.60. The van der Waals surface area contributed by atoms with E-state index in [1.807, 2.05) is 6.92 Å². The van der Waals surface area contributed by atoms with Crippen LogP contribution in [0.15, 0.2) is 0 Å². The Morgan fingerprint density at radius 1 is 1.70 bits per heavy atom. The number of ether oxygens (including phenoxy) is 1. The molecule has 0 spiro atoms. The SMILES string of the molecule is CCC(C(=O)OC)[SiH](Cl)Cl. The second-order valence-corrected chi connectivity index (χ2v) is 6.84. The predicted molar refractivity (Wildman–Crippen MR) is 44.9 cm³/mol. The van der Waals surface area contributed by atoms with Crippen molar-refractivity contribution in [3.63, 3.8) is 0 Å². The van der Waals surface area contributed by atoms with E-state index in [9.17, 15) is 4.79 Å². The van der Waals surface area contributed by atoms with Crippen molar-refractivity contribution in [1.29, 1.82) is 0 Å². The van der Waals surface area contributed by atoms with Crippen molar-refractivity contribution in [3.05, 3.63) is 0 Å². The molecule has 0 saturated heterocycles. The van der Waals surface area contributed by atoms with Gasteiger partial charge in [-0.2, -0.15) is 0 Å². The van der Waals surface area contributed by atoms with Crippen LogP contribution in [0.25, 0.3) is 0 Å². The third kappa shape index (κ3) is 2.90. The van der Waals surface area contributed by atoms with Crippen LogP contribution >= 0.6 is 22.2 Å². The highest BCUT2D eigenvalue weighted by Gasteiger charge is 2.25. The van der Waals surface area contributed by atoms with Crippen LogP contribution in [0.1, 0.15) is 13.3 Å². The lowest BCUT2D eigenvalue weighted by Gasteiger charge is -2.10. The average Bonchev–Trinajstić information content (AvgIpc) is 1.88. The first-order valence-electron chi connectivity index (χ1n) is 2.99. The van der Waals surface area contributed by atoms with Gasteiger partial charge in [0.25, 0.3) is 7.42 Å². The summed E-state index contributed by atoms with van der Waals surface area (Å²) in [4.78, 5) is 10.8. The van der Waals surface area contributed by atoms with E-state index in [-0.39, 0.29) is 11.5 Å².